The van der Waals surface area contributed by atoms with Gasteiger partial charge in [-0.15, -0.1) is 0 Å². The number of hydrogen-bond donors (Lipinski definition) is 1. The van der Waals surface area contributed by atoms with E-state index in [4.69, 9.17) is 9.47 Å². The lowest BCUT2D eigenvalue weighted by Gasteiger charge is -2.36. The van der Waals surface area contributed by atoms with Crippen molar-refractivity contribution in [2.45, 2.75) is 58.2 Å². The number of hydrogen-bond acceptors (Lipinski definition) is 4. The fraction of sp³-hybridized carbons (Fsp3) is 0.550. The van der Waals surface area contributed by atoms with Gasteiger partial charge in [-0.05, 0) is 69.1 Å². The summed E-state index contributed by atoms with van der Waals surface area (Å²) in [6.07, 6.45) is 3.67. The third-order valence-electron chi connectivity index (χ3n) is 5.72. The van der Waals surface area contributed by atoms with E-state index in [1.807, 2.05) is 32.9 Å². The zero-order valence-corrected chi connectivity index (χ0v) is 14.5. The highest BCUT2D eigenvalue weighted by Gasteiger charge is 2.53. The first-order valence-corrected chi connectivity index (χ1v) is 8.78. The Kier molecular flexibility index (Phi) is 3.50. The molecule has 1 saturated carbocycles. The molecule has 2 heterocycles. The molecule has 1 N–H and O–H groups in total. The molecule has 3 aliphatic rings. The number of carbonyl (C=O) groups is 1. The van der Waals surface area contributed by atoms with Crippen LogP contribution in [-0.4, -0.2) is 29.4 Å². The van der Waals surface area contributed by atoms with Crippen molar-refractivity contribution in [3.05, 3.63) is 40.1 Å². The molecule has 128 valence electrons. The molecule has 0 amide bonds. The van der Waals surface area contributed by atoms with Crippen LogP contribution in [0.5, 0.6) is 0 Å². The first kappa shape index (κ1) is 15.7. The molecule has 0 radical (unpaired) electrons. The Morgan fingerprint density at radius 3 is 2.50 bits per heavy atom. The maximum Gasteiger partial charge on any atom is 0.343 e. The summed E-state index contributed by atoms with van der Waals surface area (Å²) in [6, 6.07) is 4.09. The van der Waals surface area contributed by atoms with Gasteiger partial charge >= 0.3 is 5.97 Å². The maximum absolute atomic E-state index is 12.7. The first-order valence-electron chi connectivity index (χ1n) is 8.78. The average molecular weight is 328 g/mol. The van der Waals surface area contributed by atoms with Gasteiger partial charge in [0, 0.05) is 0 Å². The average Bonchev–Trinajstić information content (AvgIpc) is 3.31. The lowest BCUT2D eigenvalue weighted by molar-refractivity contribution is -0.151. The lowest BCUT2D eigenvalue weighted by atomic mass is 9.75. The topological polar surface area (TPSA) is 59.1 Å². The second kappa shape index (κ2) is 5.35. The smallest absolute Gasteiger partial charge is 0.343 e. The zero-order chi connectivity index (χ0) is 17.1. The van der Waals surface area contributed by atoms with Crippen molar-refractivity contribution in [3.8, 4) is 0 Å². The number of benzene rings is 1. The molecule has 4 nitrogen and oxygen atoms in total. The first-order chi connectivity index (χ1) is 11.4. The predicted octanol–water partition coefficient (Wildman–Crippen LogP) is 3.77. The largest absolute Gasteiger partial charge is 0.507 e. The summed E-state index contributed by atoms with van der Waals surface area (Å²) < 4.78 is 11.2. The monoisotopic (exact) mass is 328 g/mol. The molecule has 1 spiro atoms. The summed E-state index contributed by atoms with van der Waals surface area (Å²) in [6.45, 7) is 6.79. The highest BCUT2D eigenvalue weighted by Crippen LogP contribution is 2.49. The number of aliphatic hydroxyl groups excluding tert-OH is 1. The number of epoxide rings is 1. The molecule has 1 aromatic rings. The molecule has 4 heteroatoms. The van der Waals surface area contributed by atoms with E-state index in [2.05, 4.69) is 0 Å². The van der Waals surface area contributed by atoms with E-state index in [1.54, 1.807) is 0 Å². The van der Waals surface area contributed by atoms with Crippen molar-refractivity contribution in [1.82, 2.24) is 0 Å². The van der Waals surface area contributed by atoms with Crippen LogP contribution in [0.15, 0.2) is 17.9 Å². The van der Waals surface area contributed by atoms with Crippen molar-refractivity contribution < 1.29 is 19.4 Å². The van der Waals surface area contributed by atoms with Crippen molar-refractivity contribution in [2.24, 2.45) is 5.92 Å². The van der Waals surface area contributed by atoms with Crippen molar-refractivity contribution in [2.75, 3.05) is 6.61 Å². The normalized spacial score (nSPS) is 32.4. The van der Waals surface area contributed by atoms with Crippen LogP contribution in [0.2, 0.25) is 0 Å². The van der Waals surface area contributed by atoms with Gasteiger partial charge in [0.1, 0.15) is 5.57 Å². The lowest BCUT2D eigenvalue weighted by Crippen LogP contribution is -2.39. The summed E-state index contributed by atoms with van der Waals surface area (Å²) in [7, 11) is 0. The number of rotatable bonds is 2. The van der Waals surface area contributed by atoms with Crippen LogP contribution < -0.4 is 0 Å². The van der Waals surface area contributed by atoms with Gasteiger partial charge in [0.15, 0.2) is 11.4 Å². The van der Waals surface area contributed by atoms with Gasteiger partial charge in [0.25, 0.3) is 0 Å². The third kappa shape index (κ3) is 2.35. The van der Waals surface area contributed by atoms with Crippen LogP contribution in [0, 0.1) is 26.7 Å². The Labute approximate surface area is 142 Å². The molecule has 0 bridgehead atoms. The zero-order valence-electron chi connectivity index (χ0n) is 14.5. The van der Waals surface area contributed by atoms with Gasteiger partial charge in [-0.1, -0.05) is 17.7 Å². The van der Waals surface area contributed by atoms with Gasteiger partial charge in [0.05, 0.1) is 12.7 Å². The number of ether oxygens (including phenoxy) is 2. The third-order valence-corrected chi connectivity index (χ3v) is 5.72. The van der Waals surface area contributed by atoms with E-state index < -0.39 is 5.60 Å². The number of aliphatic hydroxyl groups is 1. The summed E-state index contributed by atoms with van der Waals surface area (Å²) in [5.41, 5.74) is 3.50. The summed E-state index contributed by atoms with van der Waals surface area (Å²) in [4.78, 5) is 12.7. The molecule has 1 aliphatic carbocycles. The highest BCUT2D eigenvalue weighted by molar-refractivity contribution is 6.20. The van der Waals surface area contributed by atoms with Crippen molar-refractivity contribution >= 4 is 11.5 Å². The van der Waals surface area contributed by atoms with Crippen molar-refractivity contribution in [1.29, 1.82) is 0 Å². The predicted molar refractivity (Wildman–Crippen MR) is 90.7 cm³/mol. The Balaban J connectivity index is 1.78. The molecule has 24 heavy (non-hydrogen) atoms. The Bertz CT molecular complexity index is 721. The quantitative estimate of drug-likeness (QED) is 0.663. The molecular formula is C20H24O4. The maximum atomic E-state index is 12.7. The molecule has 0 aromatic heterocycles. The molecule has 2 aliphatic heterocycles. The minimum absolute atomic E-state index is 0.132. The minimum atomic E-state index is -0.842. The summed E-state index contributed by atoms with van der Waals surface area (Å²) >= 11 is 0. The van der Waals surface area contributed by atoms with Gasteiger partial charge < -0.3 is 14.6 Å². The molecule has 4 rings (SSSR count). The summed E-state index contributed by atoms with van der Waals surface area (Å²) in [5, 5.41) is 11.0. The molecular weight excluding hydrogens is 304 g/mol. The van der Waals surface area contributed by atoms with Crippen molar-refractivity contribution in [3.63, 3.8) is 0 Å². The number of esters is 1. The van der Waals surface area contributed by atoms with Crippen LogP contribution in [0.3, 0.4) is 0 Å². The van der Waals surface area contributed by atoms with E-state index in [0.29, 0.717) is 24.3 Å². The van der Waals surface area contributed by atoms with Crippen LogP contribution in [0.1, 0.15) is 47.9 Å². The summed E-state index contributed by atoms with van der Waals surface area (Å²) in [5.74, 6) is 0.112. The fourth-order valence-corrected chi connectivity index (χ4v) is 4.63. The van der Waals surface area contributed by atoms with Gasteiger partial charge in [-0.25, -0.2) is 4.79 Å². The van der Waals surface area contributed by atoms with Crippen LogP contribution in [0.25, 0.3) is 5.57 Å². The SMILES string of the molecule is Cc1cc(C)c(C2=C(O)C3(CCCC(C4CO4)C3)OC2=O)c(C)c1. The van der Waals surface area contributed by atoms with Gasteiger partial charge in [0.2, 0.25) is 0 Å². The van der Waals surface area contributed by atoms with Gasteiger partial charge in [-0.3, -0.25) is 0 Å². The second-order valence-corrected chi connectivity index (χ2v) is 7.61. The van der Waals surface area contributed by atoms with Gasteiger partial charge in [-0.2, -0.15) is 0 Å². The fourth-order valence-electron chi connectivity index (χ4n) is 4.63. The van der Waals surface area contributed by atoms with E-state index in [0.717, 1.165) is 41.7 Å². The molecule has 1 saturated heterocycles. The Hall–Kier alpha value is -1.81. The van der Waals surface area contributed by atoms with Crippen LogP contribution in [-0.2, 0) is 14.3 Å². The minimum Gasteiger partial charge on any atom is -0.507 e. The second-order valence-electron chi connectivity index (χ2n) is 7.61. The Morgan fingerprint density at radius 1 is 1.21 bits per heavy atom. The standard InChI is InChI=1S/C20H24O4/c1-11-7-12(2)16(13(3)8-11)17-18(21)20(24-19(17)22)6-4-5-14(9-20)15-10-23-15/h7-8,14-15,21H,4-6,9-10H2,1-3H3. The van der Waals surface area contributed by atoms with Crippen LogP contribution >= 0.6 is 0 Å². The number of carbonyl (C=O) groups excluding carboxylic acids is 1. The number of aryl methyl sites for hydroxylation is 3. The Morgan fingerprint density at radius 2 is 1.88 bits per heavy atom. The van der Waals surface area contributed by atoms with E-state index >= 15 is 0 Å². The van der Waals surface area contributed by atoms with E-state index in [1.165, 1.54) is 0 Å². The van der Waals surface area contributed by atoms with E-state index in [9.17, 15) is 9.90 Å². The van der Waals surface area contributed by atoms with Crippen LogP contribution in [0.4, 0.5) is 0 Å². The van der Waals surface area contributed by atoms with E-state index in [-0.39, 0.29) is 17.8 Å². The molecule has 1 aromatic carbocycles. The molecule has 2 fully saturated rings. The molecule has 3 unspecified atom stereocenters. The highest BCUT2D eigenvalue weighted by atomic mass is 16.6. The molecule has 3 atom stereocenters.